The van der Waals surface area contributed by atoms with Crippen LogP contribution in [-0.2, 0) is 6.42 Å². The van der Waals surface area contributed by atoms with E-state index in [-0.39, 0.29) is 10.6 Å². The quantitative estimate of drug-likeness (QED) is 0.476. The predicted molar refractivity (Wildman–Crippen MR) is 99.5 cm³/mol. The molecule has 2 heterocycles. The Balaban J connectivity index is 1.48. The SMILES string of the molecule is CC1C[N+]2(CCN(CCc3ccc([N+](=O)[O-])cc3)CC2)CC(C)S1. The normalized spacial score (nSPS) is 27.2. The Hall–Kier alpha value is -1.11. The highest BCUT2D eigenvalue weighted by molar-refractivity contribution is 8.00. The molecule has 3 rings (SSSR count). The lowest BCUT2D eigenvalue weighted by molar-refractivity contribution is -0.932. The molecule has 2 unspecified atom stereocenters. The third-order valence-corrected chi connectivity index (χ3v) is 6.63. The number of rotatable bonds is 4. The molecule has 1 aromatic rings. The first-order chi connectivity index (χ1) is 11.5. The molecule has 2 aliphatic rings. The van der Waals surface area contributed by atoms with Gasteiger partial charge in [0.25, 0.3) is 5.69 Å². The van der Waals surface area contributed by atoms with Gasteiger partial charge in [0.1, 0.15) is 0 Å². The van der Waals surface area contributed by atoms with Gasteiger partial charge in [-0.3, -0.25) is 15.0 Å². The Morgan fingerprint density at radius 2 is 1.75 bits per heavy atom. The van der Waals surface area contributed by atoms with Gasteiger partial charge in [0.2, 0.25) is 0 Å². The monoisotopic (exact) mass is 350 g/mol. The highest BCUT2D eigenvalue weighted by atomic mass is 32.2. The van der Waals surface area contributed by atoms with Crippen molar-refractivity contribution in [3.8, 4) is 0 Å². The van der Waals surface area contributed by atoms with E-state index >= 15 is 0 Å². The van der Waals surface area contributed by atoms with Gasteiger partial charge in [-0.15, -0.1) is 11.8 Å². The summed E-state index contributed by atoms with van der Waals surface area (Å²) in [6.07, 6.45) is 0.973. The lowest BCUT2D eigenvalue weighted by Crippen LogP contribution is -2.65. The molecule has 0 aromatic heterocycles. The largest absolute Gasteiger partial charge is 0.320 e. The zero-order chi connectivity index (χ0) is 17.2. The molecule has 132 valence electrons. The van der Waals surface area contributed by atoms with Gasteiger partial charge in [-0.1, -0.05) is 12.1 Å². The summed E-state index contributed by atoms with van der Waals surface area (Å²) in [6, 6.07) is 7.00. The standard InChI is InChI=1S/C18H28N3O2S/c1-15-13-21(14-16(2)24-15)11-9-19(10-12-21)8-7-17-3-5-18(6-4-17)20(22)23/h3-6,15-16H,7-14H2,1-2H3/q+1. The van der Waals surface area contributed by atoms with E-state index in [2.05, 4.69) is 30.5 Å². The molecule has 0 N–H and O–H groups in total. The van der Waals surface area contributed by atoms with Crippen molar-refractivity contribution in [1.29, 1.82) is 0 Å². The van der Waals surface area contributed by atoms with E-state index in [4.69, 9.17) is 0 Å². The first-order valence-corrected chi connectivity index (χ1v) is 9.86. The van der Waals surface area contributed by atoms with Crippen LogP contribution in [0.1, 0.15) is 19.4 Å². The zero-order valence-corrected chi connectivity index (χ0v) is 15.5. The van der Waals surface area contributed by atoms with Gasteiger partial charge in [-0.05, 0) is 25.8 Å². The molecule has 0 bridgehead atoms. The Kier molecular flexibility index (Phi) is 5.47. The Bertz CT molecular complexity index is 558. The number of quaternary nitrogens is 1. The number of hydrogen-bond acceptors (Lipinski definition) is 4. The van der Waals surface area contributed by atoms with E-state index in [9.17, 15) is 10.1 Å². The lowest BCUT2D eigenvalue weighted by Gasteiger charge is -2.50. The lowest BCUT2D eigenvalue weighted by atomic mass is 10.1. The third-order valence-electron chi connectivity index (χ3n) is 5.40. The van der Waals surface area contributed by atoms with Crippen molar-refractivity contribution in [2.45, 2.75) is 30.8 Å². The number of piperazine rings is 1. The van der Waals surface area contributed by atoms with Crippen LogP contribution in [0, 0.1) is 10.1 Å². The average molecular weight is 351 g/mol. The smallest absolute Gasteiger partial charge is 0.269 e. The fourth-order valence-electron chi connectivity index (χ4n) is 4.24. The summed E-state index contributed by atoms with van der Waals surface area (Å²) >= 11 is 2.14. The first-order valence-electron chi connectivity index (χ1n) is 8.92. The maximum absolute atomic E-state index is 10.7. The number of nitro benzene ring substituents is 1. The van der Waals surface area contributed by atoms with Gasteiger partial charge >= 0.3 is 0 Å². The highest BCUT2D eigenvalue weighted by Crippen LogP contribution is 2.31. The summed E-state index contributed by atoms with van der Waals surface area (Å²) in [5, 5.41) is 12.3. The summed E-state index contributed by atoms with van der Waals surface area (Å²) in [7, 11) is 0. The predicted octanol–water partition coefficient (Wildman–Crippen LogP) is 2.79. The third kappa shape index (κ3) is 4.29. The molecule has 2 atom stereocenters. The van der Waals surface area contributed by atoms with Crippen LogP contribution in [0.5, 0.6) is 0 Å². The van der Waals surface area contributed by atoms with Gasteiger partial charge < -0.3 is 4.48 Å². The summed E-state index contributed by atoms with van der Waals surface area (Å²) in [6.45, 7) is 13.4. The molecule has 2 fully saturated rings. The molecule has 2 aliphatic heterocycles. The zero-order valence-electron chi connectivity index (χ0n) is 14.7. The van der Waals surface area contributed by atoms with Crippen LogP contribution in [0.15, 0.2) is 24.3 Å². The summed E-state index contributed by atoms with van der Waals surface area (Å²) in [4.78, 5) is 12.9. The van der Waals surface area contributed by atoms with Crippen LogP contribution in [0.3, 0.4) is 0 Å². The Morgan fingerprint density at radius 3 is 2.29 bits per heavy atom. The molecular formula is C18H28N3O2S+. The summed E-state index contributed by atoms with van der Waals surface area (Å²) in [5.74, 6) is 0. The molecule has 2 saturated heterocycles. The van der Waals surface area contributed by atoms with Gasteiger partial charge in [0.15, 0.2) is 0 Å². The van der Waals surface area contributed by atoms with Crippen LogP contribution in [0.4, 0.5) is 5.69 Å². The molecule has 1 spiro atoms. The van der Waals surface area contributed by atoms with E-state index in [1.165, 1.54) is 49.3 Å². The molecule has 0 aliphatic carbocycles. The minimum Gasteiger partial charge on any atom is -0.320 e. The van der Waals surface area contributed by atoms with Crippen LogP contribution in [0.2, 0.25) is 0 Å². The van der Waals surface area contributed by atoms with E-state index < -0.39 is 0 Å². The van der Waals surface area contributed by atoms with Gasteiger partial charge in [-0.2, -0.15) is 0 Å². The number of nitro groups is 1. The summed E-state index contributed by atoms with van der Waals surface area (Å²) < 4.78 is 1.31. The maximum atomic E-state index is 10.7. The Labute approximate surface area is 148 Å². The molecule has 0 saturated carbocycles. The molecule has 0 radical (unpaired) electrons. The second-order valence-electron chi connectivity index (χ2n) is 7.43. The minimum absolute atomic E-state index is 0.175. The molecule has 0 amide bonds. The van der Waals surface area contributed by atoms with Gasteiger partial charge in [-0.25, -0.2) is 0 Å². The number of non-ortho nitro benzene ring substituents is 1. The van der Waals surface area contributed by atoms with Crippen molar-refractivity contribution in [2.75, 3.05) is 45.8 Å². The molecule has 5 nitrogen and oxygen atoms in total. The molecule has 1 aromatic carbocycles. The van der Waals surface area contributed by atoms with Crippen molar-refractivity contribution in [3.05, 3.63) is 39.9 Å². The van der Waals surface area contributed by atoms with Crippen molar-refractivity contribution in [1.82, 2.24) is 4.90 Å². The van der Waals surface area contributed by atoms with Crippen molar-refractivity contribution < 1.29 is 9.41 Å². The molecule has 6 heteroatoms. The Morgan fingerprint density at radius 1 is 1.17 bits per heavy atom. The first kappa shape index (κ1) is 17.7. The van der Waals surface area contributed by atoms with E-state index in [0.29, 0.717) is 0 Å². The van der Waals surface area contributed by atoms with Gasteiger partial charge in [0, 0.05) is 31.8 Å². The second kappa shape index (κ2) is 7.42. The number of hydrogen-bond donors (Lipinski definition) is 0. The van der Waals surface area contributed by atoms with E-state index in [1.54, 1.807) is 12.1 Å². The van der Waals surface area contributed by atoms with Crippen molar-refractivity contribution in [2.24, 2.45) is 0 Å². The van der Waals surface area contributed by atoms with E-state index in [1.807, 2.05) is 12.1 Å². The topological polar surface area (TPSA) is 46.4 Å². The number of nitrogens with zero attached hydrogens (tertiary/aromatic N) is 3. The van der Waals surface area contributed by atoms with Crippen LogP contribution in [0.25, 0.3) is 0 Å². The van der Waals surface area contributed by atoms with Crippen LogP contribution in [-0.4, -0.2) is 70.6 Å². The van der Waals surface area contributed by atoms with Gasteiger partial charge in [0.05, 0.1) is 41.6 Å². The molecular weight excluding hydrogens is 322 g/mol. The van der Waals surface area contributed by atoms with Crippen LogP contribution >= 0.6 is 11.8 Å². The highest BCUT2D eigenvalue weighted by Gasteiger charge is 2.39. The van der Waals surface area contributed by atoms with Crippen molar-refractivity contribution in [3.63, 3.8) is 0 Å². The fraction of sp³-hybridized carbons (Fsp3) is 0.667. The number of benzene rings is 1. The summed E-state index contributed by atoms with van der Waals surface area (Å²) in [5.41, 5.74) is 1.36. The second-order valence-corrected chi connectivity index (χ2v) is 9.31. The molecule has 24 heavy (non-hydrogen) atoms. The van der Waals surface area contributed by atoms with Crippen molar-refractivity contribution >= 4 is 17.4 Å². The maximum Gasteiger partial charge on any atom is 0.269 e. The van der Waals surface area contributed by atoms with E-state index in [0.717, 1.165) is 23.5 Å². The van der Waals surface area contributed by atoms with Crippen LogP contribution < -0.4 is 0 Å². The number of thioether (sulfide) groups is 1. The fourth-order valence-corrected chi connectivity index (χ4v) is 5.84. The minimum atomic E-state index is -0.337. The average Bonchev–Trinajstić information content (AvgIpc) is 2.54.